The summed E-state index contributed by atoms with van der Waals surface area (Å²) in [5.41, 5.74) is 0. The number of aliphatic hydroxyl groups excluding tert-OH is 1. The Labute approximate surface area is 132 Å². The van der Waals surface area contributed by atoms with Gasteiger partial charge in [-0.05, 0) is 24.8 Å². The molecule has 6 heteroatoms. The number of hydrogen-bond donors (Lipinski definition) is 2. The minimum Gasteiger partial charge on any atom is -0.394 e. The molecule has 2 N–H and O–H groups in total. The molecule has 6 nitrogen and oxygen atoms in total. The van der Waals surface area contributed by atoms with E-state index in [1.165, 1.54) is 0 Å². The van der Waals surface area contributed by atoms with E-state index in [-0.39, 0.29) is 30.4 Å². The number of carbonyl (C=O) groups is 1. The quantitative estimate of drug-likeness (QED) is 0.826. The van der Waals surface area contributed by atoms with Crippen molar-refractivity contribution < 1.29 is 9.90 Å². The van der Waals surface area contributed by atoms with E-state index in [1.54, 1.807) is 18.5 Å². The zero-order valence-corrected chi connectivity index (χ0v) is 13.4. The maximum Gasteiger partial charge on any atom is 0.225 e. The predicted octanol–water partition coefficient (Wildman–Crippen LogP) is 1.22. The molecule has 2 heterocycles. The normalized spacial score (nSPS) is 18.8. The number of rotatable bonds is 6. The molecule has 0 aliphatic carbocycles. The largest absolute Gasteiger partial charge is 0.394 e. The van der Waals surface area contributed by atoms with Gasteiger partial charge in [-0.2, -0.15) is 0 Å². The first kappa shape index (κ1) is 16.7. The summed E-state index contributed by atoms with van der Waals surface area (Å²) in [6, 6.07) is 1.65. The van der Waals surface area contributed by atoms with Crippen LogP contribution in [0.5, 0.6) is 0 Å². The summed E-state index contributed by atoms with van der Waals surface area (Å²) in [6.45, 7) is 5.69. The van der Waals surface area contributed by atoms with Gasteiger partial charge in [0.25, 0.3) is 0 Å². The summed E-state index contributed by atoms with van der Waals surface area (Å²) in [5.74, 6) is 1.09. The second kappa shape index (κ2) is 8.08. The number of carbonyl (C=O) groups excluding carboxylic acids is 1. The lowest BCUT2D eigenvalue weighted by molar-refractivity contribution is -0.127. The lowest BCUT2D eigenvalue weighted by atomic mass is 9.94. The van der Waals surface area contributed by atoms with Crippen LogP contribution in [0.25, 0.3) is 0 Å². The van der Waals surface area contributed by atoms with E-state index >= 15 is 0 Å². The second-order valence-electron chi connectivity index (χ2n) is 5.99. The third kappa shape index (κ3) is 4.16. The van der Waals surface area contributed by atoms with Crippen LogP contribution in [0, 0.1) is 11.8 Å². The molecule has 1 amide bonds. The number of nitrogens with one attached hydrogen (secondary N) is 1. The molecular weight excluding hydrogens is 280 g/mol. The van der Waals surface area contributed by atoms with Crippen molar-refractivity contribution in [1.29, 1.82) is 0 Å². The Bertz CT molecular complexity index is 460. The van der Waals surface area contributed by atoms with Crippen LogP contribution in [0.2, 0.25) is 0 Å². The molecule has 0 spiro atoms. The lowest BCUT2D eigenvalue weighted by Crippen LogP contribution is -2.47. The first-order valence-corrected chi connectivity index (χ1v) is 8.08. The molecule has 2 rings (SSSR count). The highest BCUT2D eigenvalue weighted by Crippen LogP contribution is 2.21. The van der Waals surface area contributed by atoms with Crippen molar-refractivity contribution in [1.82, 2.24) is 15.3 Å². The number of amides is 1. The summed E-state index contributed by atoms with van der Waals surface area (Å²) >= 11 is 0. The van der Waals surface area contributed by atoms with Gasteiger partial charge in [-0.1, -0.05) is 20.3 Å². The summed E-state index contributed by atoms with van der Waals surface area (Å²) < 4.78 is 0. The van der Waals surface area contributed by atoms with Crippen molar-refractivity contribution in [2.45, 2.75) is 39.2 Å². The van der Waals surface area contributed by atoms with Gasteiger partial charge >= 0.3 is 0 Å². The highest BCUT2D eigenvalue weighted by molar-refractivity contribution is 5.79. The average Bonchev–Trinajstić information content (AvgIpc) is 2.59. The van der Waals surface area contributed by atoms with E-state index in [0.717, 1.165) is 38.3 Å². The van der Waals surface area contributed by atoms with Gasteiger partial charge in [0.2, 0.25) is 11.9 Å². The van der Waals surface area contributed by atoms with E-state index in [0.29, 0.717) is 0 Å². The van der Waals surface area contributed by atoms with Gasteiger partial charge in [-0.25, -0.2) is 9.97 Å². The summed E-state index contributed by atoms with van der Waals surface area (Å²) in [4.78, 5) is 23.0. The number of anilines is 1. The van der Waals surface area contributed by atoms with Gasteiger partial charge in [0.1, 0.15) is 0 Å². The fourth-order valence-electron chi connectivity index (χ4n) is 2.75. The molecule has 22 heavy (non-hydrogen) atoms. The Morgan fingerprint density at radius 3 is 2.59 bits per heavy atom. The molecule has 2 atom stereocenters. The minimum atomic E-state index is -0.145. The van der Waals surface area contributed by atoms with Crippen LogP contribution in [-0.2, 0) is 4.79 Å². The highest BCUT2D eigenvalue weighted by atomic mass is 16.3. The van der Waals surface area contributed by atoms with E-state index in [1.807, 2.05) is 0 Å². The maximum atomic E-state index is 12.4. The summed E-state index contributed by atoms with van der Waals surface area (Å²) in [7, 11) is 0. The number of hydrogen-bond acceptors (Lipinski definition) is 5. The van der Waals surface area contributed by atoms with Gasteiger partial charge < -0.3 is 15.3 Å². The summed E-state index contributed by atoms with van der Waals surface area (Å²) in [5, 5.41) is 12.4. The van der Waals surface area contributed by atoms with Gasteiger partial charge in [-0.3, -0.25) is 4.79 Å². The van der Waals surface area contributed by atoms with Gasteiger partial charge in [0.05, 0.1) is 12.6 Å². The molecular formula is C16H26N4O2. The fraction of sp³-hybridized carbons (Fsp3) is 0.688. The topological polar surface area (TPSA) is 78.4 Å². The van der Waals surface area contributed by atoms with Crippen molar-refractivity contribution in [3.05, 3.63) is 18.5 Å². The van der Waals surface area contributed by atoms with Crippen LogP contribution < -0.4 is 10.2 Å². The van der Waals surface area contributed by atoms with Gasteiger partial charge in [0, 0.05) is 31.4 Å². The van der Waals surface area contributed by atoms with Crippen molar-refractivity contribution in [3.63, 3.8) is 0 Å². The molecule has 122 valence electrons. The molecule has 1 saturated heterocycles. The molecule has 1 aromatic heterocycles. The zero-order valence-electron chi connectivity index (χ0n) is 13.4. The van der Waals surface area contributed by atoms with Crippen molar-refractivity contribution in [3.8, 4) is 0 Å². The molecule has 0 saturated carbocycles. The van der Waals surface area contributed by atoms with Crippen molar-refractivity contribution in [2.75, 3.05) is 24.6 Å². The van der Waals surface area contributed by atoms with Crippen LogP contribution in [0.1, 0.15) is 33.1 Å². The second-order valence-corrected chi connectivity index (χ2v) is 5.99. The van der Waals surface area contributed by atoms with Crippen molar-refractivity contribution in [2.24, 2.45) is 11.8 Å². The van der Waals surface area contributed by atoms with Crippen LogP contribution in [0.4, 0.5) is 5.95 Å². The van der Waals surface area contributed by atoms with Crippen LogP contribution >= 0.6 is 0 Å². The lowest BCUT2D eigenvalue weighted by Gasteiger charge is -2.32. The molecule has 1 aliphatic heterocycles. The van der Waals surface area contributed by atoms with Crippen LogP contribution in [0.15, 0.2) is 18.5 Å². The molecule has 0 unspecified atom stereocenters. The van der Waals surface area contributed by atoms with Gasteiger partial charge in [-0.15, -0.1) is 0 Å². The minimum absolute atomic E-state index is 0.00253. The molecule has 0 radical (unpaired) electrons. The Hall–Kier alpha value is -1.69. The van der Waals surface area contributed by atoms with E-state index in [2.05, 4.69) is 34.0 Å². The first-order chi connectivity index (χ1) is 10.7. The zero-order chi connectivity index (χ0) is 15.9. The Morgan fingerprint density at radius 2 is 2.05 bits per heavy atom. The van der Waals surface area contributed by atoms with Crippen LogP contribution in [0.3, 0.4) is 0 Å². The Kier molecular flexibility index (Phi) is 6.12. The molecule has 0 bridgehead atoms. The number of piperidine rings is 1. The Morgan fingerprint density at radius 1 is 1.41 bits per heavy atom. The third-order valence-electron chi connectivity index (χ3n) is 4.56. The van der Waals surface area contributed by atoms with E-state index in [9.17, 15) is 9.90 Å². The van der Waals surface area contributed by atoms with Gasteiger partial charge in [0.15, 0.2) is 0 Å². The molecule has 1 aromatic rings. The molecule has 1 aliphatic rings. The first-order valence-electron chi connectivity index (χ1n) is 8.08. The average molecular weight is 306 g/mol. The van der Waals surface area contributed by atoms with E-state index < -0.39 is 0 Å². The predicted molar refractivity (Wildman–Crippen MR) is 85.4 cm³/mol. The summed E-state index contributed by atoms with van der Waals surface area (Å²) in [6.07, 6.45) is 6.00. The van der Waals surface area contributed by atoms with Crippen molar-refractivity contribution >= 4 is 11.9 Å². The SMILES string of the molecule is CC[C@H](C)[C@@H](CO)NC(=O)C1CCN(c2ncccn2)CC1. The van der Waals surface area contributed by atoms with E-state index in [4.69, 9.17) is 0 Å². The monoisotopic (exact) mass is 306 g/mol. The number of aliphatic hydroxyl groups is 1. The third-order valence-corrected chi connectivity index (χ3v) is 4.56. The Balaban J connectivity index is 1.84. The standard InChI is InChI=1S/C16H26N4O2/c1-3-12(2)14(11-21)19-15(22)13-5-9-20(10-6-13)16-17-7-4-8-18-16/h4,7-8,12-14,21H,3,5-6,9-11H2,1-2H3,(H,19,22)/t12-,14+/m0/s1. The van der Waals surface area contributed by atoms with Crippen LogP contribution in [-0.4, -0.2) is 46.7 Å². The maximum absolute atomic E-state index is 12.4. The molecule has 1 fully saturated rings. The number of nitrogens with zero attached hydrogens (tertiary/aromatic N) is 3. The fourth-order valence-corrected chi connectivity index (χ4v) is 2.75. The number of aromatic nitrogens is 2. The molecule has 0 aromatic carbocycles. The highest BCUT2D eigenvalue weighted by Gasteiger charge is 2.28. The smallest absolute Gasteiger partial charge is 0.225 e.